The van der Waals surface area contributed by atoms with Gasteiger partial charge in [-0.25, -0.2) is 9.78 Å². The molecule has 5 heteroatoms. The molecule has 0 radical (unpaired) electrons. The molecule has 0 saturated heterocycles. The van der Waals surface area contributed by atoms with E-state index in [0.717, 1.165) is 0 Å². The molecule has 0 amide bonds. The summed E-state index contributed by atoms with van der Waals surface area (Å²) in [6.07, 6.45) is 0. The number of carboxylic acids is 1. The number of nitrogens with zero attached hydrogens (tertiary/aromatic N) is 1. The summed E-state index contributed by atoms with van der Waals surface area (Å²) >= 11 is 7.61. The number of pyridine rings is 1. The Bertz CT molecular complexity index is 340. The number of rotatable bonds is 1. The first kappa shape index (κ1) is 9.73. The molecule has 1 aromatic heterocycles. The van der Waals surface area contributed by atoms with Crippen LogP contribution in [0.1, 0.15) is 15.9 Å². The largest absolute Gasteiger partial charge is 0.478 e. The molecule has 0 spiro atoms. The molecule has 0 bridgehead atoms. The normalized spacial score (nSPS) is 9.92. The van der Waals surface area contributed by atoms with Crippen molar-refractivity contribution < 1.29 is 9.90 Å². The fourth-order valence-electron chi connectivity index (χ4n) is 0.771. The van der Waals surface area contributed by atoms with Crippen LogP contribution in [0.2, 0.25) is 5.15 Å². The van der Waals surface area contributed by atoms with Crippen molar-refractivity contribution >= 4 is 40.2 Å². The highest BCUT2D eigenvalue weighted by Gasteiger charge is 2.11. The fraction of sp³-hybridized carbons (Fsp3) is 0.143. The minimum absolute atomic E-state index is 0.208. The van der Waals surface area contributed by atoms with Crippen molar-refractivity contribution in [3.8, 4) is 0 Å². The van der Waals surface area contributed by atoms with E-state index < -0.39 is 5.97 Å². The highest BCUT2D eigenvalue weighted by Crippen LogP contribution is 2.18. The van der Waals surface area contributed by atoms with E-state index in [1.807, 2.05) is 22.6 Å². The zero-order valence-electron chi connectivity index (χ0n) is 6.14. The van der Waals surface area contributed by atoms with Gasteiger partial charge in [-0.2, -0.15) is 0 Å². The van der Waals surface area contributed by atoms with Gasteiger partial charge in [0.15, 0.2) is 0 Å². The standard InChI is InChI=1S/C7H5ClINO2/c1-3-4(7(11)12)2-5(9)10-6(3)8/h2H,1H3,(H,11,12). The van der Waals surface area contributed by atoms with Crippen LogP contribution in [0.5, 0.6) is 0 Å². The third-order valence-electron chi connectivity index (χ3n) is 1.41. The summed E-state index contributed by atoms with van der Waals surface area (Å²) < 4.78 is 0.584. The van der Waals surface area contributed by atoms with Gasteiger partial charge in [-0.15, -0.1) is 0 Å². The molecule has 0 unspecified atom stereocenters. The van der Waals surface area contributed by atoms with E-state index in [9.17, 15) is 4.79 Å². The summed E-state index contributed by atoms with van der Waals surface area (Å²) in [4.78, 5) is 14.5. The maximum Gasteiger partial charge on any atom is 0.336 e. The number of carboxylic acid groups (broad SMARTS) is 1. The Morgan fingerprint density at radius 3 is 2.83 bits per heavy atom. The van der Waals surface area contributed by atoms with E-state index in [-0.39, 0.29) is 10.7 Å². The predicted octanol–water partition coefficient (Wildman–Crippen LogP) is 2.35. The van der Waals surface area contributed by atoms with Gasteiger partial charge in [-0.3, -0.25) is 0 Å². The van der Waals surface area contributed by atoms with Crippen LogP contribution in [-0.4, -0.2) is 16.1 Å². The Morgan fingerprint density at radius 1 is 1.75 bits per heavy atom. The predicted molar refractivity (Wildman–Crippen MR) is 53.7 cm³/mol. The molecule has 1 rings (SSSR count). The molecular formula is C7H5ClINO2. The average Bonchev–Trinajstić information content (AvgIpc) is 1.96. The van der Waals surface area contributed by atoms with Crippen molar-refractivity contribution in [2.75, 3.05) is 0 Å². The molecule has 0 saturated carbocycles. The summed E-state index contributed by atoms with van der Waals surface area (Å²) in [5.41, 5.74) is 0.712. The van der Waals surface area contributed by atoms with Gasteiger partial charge in [0.05, 0.1) is 5.56 Å². The molecule has 64 valence electrons. The topological polar surface area (TPSA) is 50.2 Å². The molecule has 1 N–H and O–H groups in total. The van der Waals surface area contributed by atoms with Crippen molar-refractivity contribution in [3.05, 3.63) is 26.0 Å². The number of hydrogen-bond donors (Lipinski definition) is 1. The number of carbonyl (C=O) groups is 1. The average molecular weight is 297 g/mol. The minimum Gasteiger partial charge on any atom is -0.478 e. The van der Waals surface area contributed by atoms with E-state index in [2.05, 4.69) is 4.98 Å². The van der Waals surface area contributed by atoms with Crippen LogP contribution in [0.15, 0.2) is 6.07 Å². The second kappa shape index (κ2) is 3.57. The Hall–Kier alpha value is -0.360. The van der Waals surface area contributed by atoms with E-state index in [4.69, 9.17) is 16.7 Å². The highest BCUT2D eigenvalue weighted by molar-refractivity contribution is 14.1. The maximum atomic E-state index is 10.6. The number of hydrogen-bond acceptors (Lipinski definition) is 2. The van der Waals surface area contributed by atoms with E-state index in [1.54, 1.807) is 6.92 Å². The SMILES string of the molecule is Cc1c(C(=O)O)cc(I)nc1Cl. The van der Waals surface area contributed by atoms with Gasteiger partial charge in [0.2, 0.25) is 0 Å². The quantitative estimate of drug-likeness (QED) is 0.639. The molecule has 1 aromatic rings. The molecule has 0 aliphatic carbocycles. The van der Waals surface area contributed by atoms with Crippen molar-refractivity contribution in [3.63, 3.8) is 0 Å². The van der Waals surface area contributed by atoms with E-state index >= 15 is 0 Å². The van der Waals surface area contributed by atoms with Gasteiger partial charge in [0.1, 0.15) is 8.85 Å². The second-order valence-corrected chi connectivity index (χ2v) is 3.68. The highest BCUT2D eigenvalue weighted by atomic mass is 127. The monoisotopic (exact) mass is 297 g/mol. The summed E-state index contributed by atoms with van der Waals surface area (Å²) in [6, 6.07) is 1.49. The van der Waals surface area contributed by atoms with Crippen molar-refractivity contribution in [1.82, 2.24) is 4.98 Å². The van der Waals surface area contributed by atoms with Gasteiger partial charge < -0.3 is 5.11 Å². The lowest BCUT2D eigenvalue weighted by molar-refractivity contribution is 0.0696. The van der Waals surface area contributed by atoms with E-state index in [1.165, 1.54) is 6.07 Å². The van der Waals surface area contributed by atoms with Crippen molar-refractivity contribution in [2.45, 2.75) is 6.92 Å². The van der Waals surface area contributed by atoms with Crippen molar-refractivity contribution in [2.24, 2.45) is 0 Å². The third-order valence-corrected chi connectivity index (χ3v) is 2.33. The van der Waals surface area contributed by atoms with Crippen molar-refractivity contribution in [1.29, 1.82) is 0 Å². The number of halogens is 2. The Kier molecular flexibility index (Phi) is 2.89. The molecule has 0 atom stereocenters. The lowest BCUT2D eigenvalue weighted by Gasteiger charge is -2.02. The summed E-state index contributed by atoms with van der Waals surface area (Å²) in [5.74, 6) is -0.977. The number of aromatic nitrogens is 1. The van der Waals surface area contributed by atoms with Gasteiger partial charge >= 0.3 is 5.97 Å². The Labute approximate surface area is 87.9 Å². The molecule has 0 aromatic carbocycles. The zero-order chi connectivity index (χ0) is 9.30. The summed E-state index contributed by atoms with van der Waals surface area (Å²) in [7, 11) is 0. The summed E-state index contributed by atoms with van der Waals surface area (Å²) in [5, 5.41) is 8.97. The molecule has 3 nitrogen and oxygen atoms in total. The fourth-order valence-corrected chi connectivity index (χ4v) is 1.66. The van der Waals surface area contributed by atoms with Crippen LogP contribution in [-0.2, 0) is 0 Å². The molecule has 12 heavy (non-hydrogen) atoms. The molecule has 0 fully saturated rings. The van der Waals surface area contributed by atoms with Gasteiger partial charge in [0, 0.05) is 5.56 Å². The van der Waals surface area contributed by atoms with Crippen LogP contribution in [0, 0.1) is 10.6 Å². The second-order valence-electron chi connectivity index (χ2n) is 2.21. The molecule has 0 aliphatic rings. The van der Waals surface area contributed by atoms with E-state index in [0.29, 0.717) is 9.26 Å². The lowest BCUT2D eigenvalue weighted by atomic mass is 10.2. The minimum atomic E-state index is -0.977. The van der Waals surface area contributed by atoms with Crippen LogP contribution >= 0.6 is 34.2 Å². The first-order valence-corrected chi connectivity index (χ1v) is 4.54. The van der Waals surface area contributed by atoms with Crippen LogP contribution < -0.4 is 0 Å². The third kappa shape index (κ3) is 1.87. The lowest BCUT2D eigenvalue weighted by Crippen LogP contribution is -2.02. The van der Waals surface area contributed by atoms with Crippen LogP contribution in [0.25, 0.3) is 0 Å². The Balaban J connectivity index is 3.37. The maximum absolute atomic E-state index is 10.6. The number of aromatic carboxylic acids is 1. The molecule has 0 aliphatic heterocycles. The van der Waals surface area contributed by atoms with Crippen LogP contribution in [0.4, 0.5) is 0 Å². The Morgan fingerprint density at radius 2 is 2.33 bits per heavy atom. The molecular weight excluding hydrogens is 292 g/mol. The smallest absolute Gasteiger partial charge is 0.336 e. The summed E-state index contributed by atoms with van der Waals surface area (Å²) in [6.45, 7) is 1.63. The first-order valence-electron chi connectivity index (χ1n) is 3.08. The van der Waals surface area contributed by atoms with Gasteiger partial charge in [-0.1, -0.05) is 11.6 Å². The first-order chi connectivity index (χ1) is 5.52. The molecule has 1 heterocycles. The zero-order valence-corrected chi connectivity index (χ0v) is 9.05. The van der Waals surface area contributed by atoms with Gasteiger partial charge in [-0.05, 0) is 35.6 Å². The van der Waals surface area contributed by atoms with Gasteiger partial charge in [0.25, 0.3) is 0 Å². The van der Waals surface area contributed by atoms with Crippen LogP contribution in [0.3, 0.4) is 0 Å².